The second kappa shape index (κ2) is 9.57. The average molecular weight is 428 g/mol. The zero-order valence-electron chi connectivity index (χ0n) is 17.4. The number of nitrogens with one attached hydrogen (secondary N) is 1. The third kappa shape index (κ3) is 5.17. The van der Waals surface area contributed by atoms with E-state index < -0.39 is 0 Å². The van der Waals surface area contributed by atoms with Gasteiger partial charge < -0.3 is 15.1 Å². The van der Waals surface area contributed by atoms with Crippen molar-refractivity contribution in [3.8, 4) is 0 Å². The number of amides is 2. The van der Waals surface area contributed by atoms with E-state index in [1.807, 2.05) is 42.2 Å². The summed E-state index contributed by atoms with van der Waals surface area (Å²) in [5, 5.41) is 3.14. The van der Waals surface area contributed by atoms with Gasteiger partial charge in [0.1, 0.15) is 5.82 Å². The molecule has 2 amide bonds. The number of nitrogens with zero attached hydrogens (tertiary/aromatic N) is 4. The summed E-state index contributed by atoms with van der Waals surface area (Å²) in [5.41, 5.74) is 0. The van der Waals surface area contributed by atoms with Crippen molar-refractivity contribution in [2.75, 3.05) is 50.7 Å². The average Bonchev–Trinajstić information content (AvgIpc) is 3.22. The second-order valence-electron chi connectivity index (χ2n) is 7.99. The van der Waals surface area contributed by atoms with Crippen LogP contribution in [0, 0.1) is 6.92 Å². The molecule has 0 unspecified atom stereocenters. The molecule has 0 saturated carbocycles. The first-order chi connectivity index (χ1) is 14.6. The lowest BCUT2D eigenvalue weighted by molar-refractivity contribution is -0.133. The monoisotopic (exact) mass is 427 g/mol. The predicted molar refractivity (Wildman–Crippen MR) is 119 cm³/mol. The lowest BCUT2D eigenvalue weighted by Crippen LogP contribution is -2.53. The maximum Gasteiger partial charge on any atom is 0.261 e. The van der Waals surface area contributed by atoms with Gasteiger partial charge in [0.05, 0.1) is 11.4 Å². The quantitative estimate of drug-likeness (QED) is 0.791. The standard InChI is InChI=1S/C22H29N5O2S/c1-17-5-6-19(30-17)22(29)24-18-7-10-25(11-8-18)16-21(28)27-14-12-26(13-15-27)20-4-2-3-9-23-20/h2-6,9,18H,7-8,10-16H2,1H3,(H,24,29). The summed E-state index contributed by atoms with van der Waals surface area (Å²) in [7, 11) is 0. The van der Waals surface area contributed by atoms with Crippen molar-refractivity contribution >= 4 is 29.0 Å². The smallest absolute Gasteiger partial charge is 0.261 e. The predicted octanol–water partition coefficient (Wildman–Crippen LogP) is 1.99. The van der Waals surface area contributed by atoms with E-state index in [4.69, 9.17) is 0 Å². The molecule has 0 radical (unpaired) electrons. The topological polar surface area (TPSA) is 68.8 Å². The Hall–Kier alpha value is -2.45. The van der Waals surface area contributed by atoms with E-state index in [0.29, 0.717) is 6.54 Å². The molecule has 2 aliphatic rings. The number of carbonyl (C=O) groups is 2. The van der Waals surface area contributed by atoms with E-state index in [-0.39, 0.29) is 17.9 Å². The van der Waals surface area contributed by atoms with Gasteiger partial charge >= 0.3 is 0 Å². The number of thiophene rings is 1. The van der Waals surface area contributed by atoms with Crippen LogP contribution in [0.2, 0.25) is 0 Å². The fourth-order valence-corrected chi connectivity index (χ4v) is 4.84. The molecule has 7 nitrogen and oxygen atoms in total. The third-order valence-electron chi connectivity index (χ3n) is 5.85. The minimum Gasteiger partial charge on any atom is -0.353 e. The highest BCUT2D eigenvalue weighted by Gasteiger charge is 2.26. The Morgan fingerprint density at radius 3 is 2.47 bits per heavy atom. The molecule has 30 heavy (non-hydrogen) atoms. The first-order valence-corrected chi connectivity index (χ1v) is 11.4. The van der Waals surface area contributed by atoms with Gasteiger partial charge in [-0.2, -0.15) is 0 Å². The molecule has 8 heteroatoms. The molecule has 0 aliphatic carbocycles. The summed E-state index contributed by atoms with van der Waals surface area (Å²) in [5.74, 6) is 1.20. The zero-order valence-corrected chi connectivity index (χ0v) is 18.2. The van der Waals surface area contributed by atoms with E-state index in [1.165, 1.54) is 11.3 Å². The summed E-state index contributed by atoms with van der Waals surface area (Å²) in [6.07, 6.45) is 3.58. The van der Waals surface area contributed by atoms with Gasteiger partial charge in [-0.05, 0) is 44.0 Å². The second-order valence-corrected chi connectivity index (χ2v) is 9.28. The van der Waals surface area contributed by atoms with Gasteiger partial charge in [-0.3, -0.25) is 14.5 Å². The van der Waals surface area contributed by atoms with Gasteiger partial charge in [-0.1, -0.05) is 6.07 Å². The van der Waals surface area contributed by atoms with Gasteiger partial charge in [0.15, 0.2) is 0 Å². The van der Waals surface area contributed by atoms with Crippen LogP contribution in [0.3, 0.4) is 0 Å². The van der Waals surface area contributed by atoms with Crippen LogP contribution in [-0.2, 0) is 4.79 Å². The maximum atomic E-state index is 12.7. The Bertz CT molecular complexity index is 855. The molecule has 0 atom stereocenters. The van der Waals surface area contributed by atoms with Gasteiger partial charge in [-0.15, -0.1) is 11.3 Å². The highest BCUT2D eigenvalue weighted by molar-refractivity contribution is 7.13. The molecule has 1 N–H and O–H groups in total. The zero-order chi connectivity index (χ0) is 20.9. The number of likely N-dealkylation sites (tertiary alicyclic amines) is 1. The maximum absolute atomic E-state index is 12.7. The fraction of sp³-hybridized carbons (Fsp3) is 0.500. The van der Waals surface area contributed by atoms with Crippen molar-refractivity contribution in [1.82, 2.24) is 20.1 Å². The van der Waals surface area contributed by atoms with Crippen molar-refractivity contribution in [1.29, 1.82) is 0 Å². The molecule has 2 saturated heterocycles. The summed E-state index contributed by atoms with van der Waals surface area (Å²) in [6.45, 7) is 7.27. The van der Waals surface area contributed by atoms with Crippen LogP contribution < -0.4 is 10.2 Å². The van der Waals surface area contributed by atoms with E-state index in [0.717, 1.165) is 67.7 Å². The van der Waals surface area contributed by atoms with Crippen LogP contribution in [0.25, 0.3) is 0 Å². The number of carbonyl (C=O) groups excluding carboxylic acids is 2. The van der Waals surface area contributed by atoms with Crippen LogP contribution in [0.5, 0.6) is 0 Å². The molecule has 0 spiro atoms. The molecule has 2 aromatic rings. The Morgan fingerprint density at radius 1 is 1.07 bits per heavy atom. The molecule has 2 aromatic heterocycles. The Kier molecular flexibility index (Phi) is 6.64. The van der Waals surface area contributed by atoms with Crippen LogP contribution >= 0.6 is 11.3 Å². The number of piperidine rings is 1. The number of anilines is 1. The molecule has 2 aliphatic heterocycles. The van der Waals surface area contributed by atoms with Crippen molar-refractivity contribution in [3.05, 3.63) is 46.3 Å². The van der Waals surface area contributed by atoms with E-state index in [9.17, 15) is 9.59 Å². The number of piperazine rings is 1. The molecule has 4 rings (SSSR count). The summed E-state index contributed by atoms with van der Waals surface area (Å²) in [4.78, 5) is 37.8. The van der Waals surface area contributed by atoms with E-state index in [2.05, 4.69) is 20.1 Å². The Balaban J connectivity index is 1.18. The lowest BCUT2D eigenvalue weighted by Gasteiger charge is -2.37. The van der Waals surface area contributed by atoms with E-state index in [1.54, 1.807) is 6.20 Å². The fourth-order valence-electron chi connectivity index (χ4n) is 4.07. The van der Waals surface area contributed by atoms with Crippen LogP contribution in [-0.4, -0.2) is 78.5 Å². The first kappa shape index (κ1) is 20.8. The molecule has 160 valence electrons. The molecular weight excluding hydrogens is 398 g/mol. The lowest BCUT2D eigenvalue weighted by atomic mass is 10.0. The van der Waals surface area contributed by atoms with Crippen molar-refractivity contribution < 1.29 is 9.59 Å². The van der Waals surface area contributed by atoms with Gasteiger partial charge in [0.2, 0.25) is 5.91 Å². The van der Waals surface area contributed by atoms with Gasteiger partial charge in [-0.25, -0.2) is 4.98 Å². The minimum absolute atomic E-state index is 0.0217. The Morgan fingerprint density at radius 2 is 1.83 bits per heavy atom. The van der Waals surface area contributed by atoms with Crippen molar-refractivity contribution in [2.45, 2.75) is 25.8 Å². The highest BCUT2D eigenvalue weighted by Crippen LogP contribution is 2.17. The van der Waals surface area contributed by atoms with Crippen molar-refractivity contribution in [2.24, 2.45) is 0 Å². The molecule has 4 heterocycles. The van der Waals surface area contributed by atoms with Gasteiger partial charge in [0, 0.05) is 56.4 Å². The number of aromatic nitrogens is 1. The number of pyridine rings is 1. The van der Waals surface area contributed by atoms with Gasteiger partial charge in [0.25, 0.3) is 5.91 Å². The largest absolute Gasteiger partial charge is 0.353 e. The number of hydrogen-bond donors (Lipinski definition) is 1. The number of rotatable bonds is 5. The highest BCUT2D eigenvalue weighted by atomic mass is 32.1. The molecule has 0 bridgehead atoms. The molecular formula is C22H29N5O2S. The van der Waals surface area contributed by atoms with Crippen molar-refractivity contribution in [3.63, 3.8) is 0 Å². The van der Waals surface area contributed by atoms with Crippen LogP contribution in [0.4, 0.5) is 5.82 Å². The number of aryl methyl sites for hydroxylation is 1. The first-order valence-electron chi connectivity index (χ1n) is 10.6. The SMILES string of the molecule is Cc1ccc(C(=O)NC2CCN(CC(=O)N3CCN(c4ccccn4)CC3)CC2)s1. The Labute approximate surface area is 181 Å². The van der Waals surface area contributed by atoms with Crippen LogP contribution in [0.1, 0.15) is 27.4 Å². The summed E-state index contributed by atoms with van der Waals surface area (Å²) >= 11 is 1.53. The minimum atomic E-state index is 0.0217. The third-order valence-corrected chi connectivity index (χ3v) is 6.85. The van der Waals surface area contributed by atoms with E-state index >= 15 is 0 Å². The summed E-state index contributed by atoms with van der Waals surface area (Å²) < 4.78 is 0. The van der Waals surface area contributed by atoms with Crippen LogP contribution in [0.15, 0.2) is 36.5 Å². The summed E-state index contributed by atoms with van der Waals surface area (Å²) in [6, 6.07) is 9.97. The molecule has 2 fully saturated rings. The number of hydrogen-bond acceptors (Lipinski definition) is 6. The molecule has 0 aromatic carbocycles. The normalized spacial score (nSPS) is 18.4.